The van der Waals surface area contributed by atoms with E-state index in [4.69, 9.17) is 0 Å². The largest absolute Gasteiger partial charge is 0.303 e. The number of hydrogen-bond donors (Lipinski definition) is 1. The van der Waals surface area contributed by atoms with Gasteiger partial charge in [-0.2, -0.15) is 5.10 Å². The average Bonchev–Trinajstić information content (AvgIpc) is 2.69. The van der Waals surface area contributed by atoms with Crippen LogP contribution in [-0.4, -0.2) is 9.78 Å². The molecular weight excluding hydrogens is 302 g/mol. The third-order valence-electron chi connectivity index (χ3n) is 3.39. The number of nitrogens with zero attached hydrogens (tertiary/aromatic N) is 2. The first-order valence-electron chi connectivity index (χ1n) is 6.49. The summed E-state index contributed by atoms with van der Waals surface area (Å²) in [7, 11) is 1.96. The lowest BCUT2D eigenvalue weighted by atomic mass is 10.1. The van der Waals surface area contributed by atoms with Gasteiger partial charge in [0.05, 0.1) is 5.69 Å². The van der Waals surface area contributed by atoms with Crippen molar-refractivity contribution in [1.82, 2.24) is 15.1 Å². The van der Waals surface area contributed by atoms with Crippen LogP contribution >= 0.6 is 15.9 Å². The second kappa shape index (κ2) is 5.88. The van der Waals surface area contributed by atoms with Crippen LogP contribution in [0.4, 0.5) is 0 Å². The number of halogens is 1. The first-order valence-corrected chi connectivity index (χ1v) is 7.29. The highest BCUT2D eigenvalue weighted by molar-refractivity contribution is 9.10. The van der Waals surface area contributed by atoms with Gasteiger partial charge in [-0.3, -0.25) is 4.68 Å². The van der Waals surface area contributed by atoms with Crippen molar-refractivity contribution in [2.24, 2.45) is 7.05 Å². The fourth-order valence-corrected chi connectivity index (χ4v) is 3.05. The smallest absolute Gasteiger partial charge is 0.0641 e. The van der Waals surface area contributed by atoms with Crippen LogP contribution in [0.15, 0.2) is 34.9 Å². The summed E-state index contributed by atoms with van der Waals surface area (Å²) in [4.78, 5) is 0. The molecule has 0 radical (unpaired) electrons. The van der Waals surface area contributed by atoms with E-state index in [1.165, 1.54) is 11.1 Å². The molecule has 2 rings (SSSR count). The molecule has 0 spiro atoms. The molecule has 3 nitrogen and oxygen atoms in total. The quantitative estimate of drug-likeness (QED) is 0.925. The Morgan fingerprint density at radius 2 is 1.79 bits per heavy atom. The maximum atomic E-state index is 4.40. The second-order valence-corrected chi connectivity index (χ2v) is 5.83. The number of rotatable bonds is 4. The first-order chi connectivity index (χ1) is 8.99. The van der Waals surface area contributed by atoms with E-state index in [0.29, 0.717) is 0 Å². The first kappa shape index (κ1) is 14.3. The Balaban J connectivity index is 2.13. The van der Waals surface area contributed by atoms with Gasteiger partial charge in [0, 0.05) is 35.4 Å². The van der Waals surface area contributed by atoms with Crippen molar-refractivity contribution in [2.75, 3.05) is 0 Å². The van der Waals surface area contributed by atoms with E-state index in [1.807, 2.05) is 17.8 Å². The average molecular weight is 322 g/mol. The topological polar surface area (TPSA) is 29.9 Å². The van der Waals surface area contributed by atoms with E-state index in [2.05, 4.69) is 71.5 Å². The minimum Gasteiger partial charge on any atom is -0.303 e. The molecule has 102 valence electrons. The molecule has 0 saturated carbocycles. The molecule has 0 aliphatic rings. The molecule has 0 bridgehead atoms. The number of aryl methyl sites for hydroxylation is 2. The maximum absolute atomic E-state index is 4.40. The van der Waals surface area contributed by atoms with Crippen LogP contribution in [0.25, 0.3) is 0 Å². The van der Waals surface area contributed by atoms with Crippen LogP contribution < -0.4 is 5.32 Å². The third-order valence-corrected chi connectivity index (χ3v) is 4.11. The van der Waals surface area contributed by atoms with Gasteiger partial charge in [0.25, 0.3) is 0 Å². The predicted molar refractivity (Wildman–Crippen MR) is 82.1 cm³/mol. The van der Waals surface area contributed by atoms with Crippen molar-refractivity contribution in [2.45, 2.75) is 32.9 Å². The van der Waals surface area contributed by atoms with E-state index in [1.54, 1.807) is 0 Å². The number of nitrogens with one attached hydrogen (secondary N) is 1. The highest BCUT2D eigenvalue weighted by Gasteiger charge is 2.16. The summed E-state index contributed by atoms with van der Waals surface area (Å²) in [6, 6.07) is 8.88. The summed E-state index contributed by atoms with van der Waals surface area (Å²) in [6.07, 6.45) is 2.08. The normalized spacial score (nSPS) is 14.4. The summed E-state index contributed by atoms with van der Waals surface area (Å²) in [5, 5.41) is 8.02. The van der Waals surface area contributed by atoms with Gasteiger partial charge in [0.2, 0.25) is 0 Å². The van der Waals surface area contributed by atoms with E-state index in [-0.39, 0.29) is 12.1 Å². The minimum absolute atomic E-state index is 0.274. The monoisotopic (exact) mass is 321 g/mol. The lowest BCUT2D eigenvalue weighted by Crippen LogP contribution is -2.23. The van der Waals surface area contributed by atoms with Crippen LogP contribution in [0.3, 0.4) is 0 Å². The summed E-state index contributed by atoms with van der Waals surface area (Å²) in [5.41, 5.74) is 3.61. The van der Waals surface area contributed by atoms with Crippen LogP contribution in [-0.2, 0) is 7.05 Å². The molecule has 1 unspecified atom stereocenters. The molecule has 0 aliphatic carbocycles. The van der Waals surface area contributed by atoms with E-state index in [0.717, 1.165) is 10.2 Å². The molecule has 1 heterocycles. The van der Waals surface area contributed by atoms with Gasteiger partial charge in [-0.1, -0.05) is 34.1 Å². The Labute approximate surface area is 123 Å². The van der Waals surface area contributed by atoms with Crippen molar-refractivity contribution in [3.8, 4) is 0 Å². The molecule has 0 saturated heterocycles. The van der Waals surface area contributed by atoms with E-state index >= 15 is 0 Å². The van der Waals surface area contributed by atoms with Gasteiger partial charge in [-0.25, -0.2) is 0 Å². The van der Waals surface area contributed by atoms with Gasteiger partial charge in [-0.15, -0.1) is 0 Å². The predicted octanol–water partition coefficient (Wildman–Crippen LogP) is 3.90. The Hall–Kier alpha value is -1.13. The molecule has 1 aromatic carbocycles. The van der Waals surface area contributed by atoms with Crippen molar-refractivity contribution >= 4 is 15.9 Å². The van der Waals surface area contributed by atoms with Crippen LogP contribution in [0.2, 0.25) is 0 Å². The van der Waals surface area contributed by atoms with E-state index in [9.17, 15) is 0 Å². The molecule has 0 amide bonds. The molecule has 2 atom stereocenters. The highest BCUT2D eigenvalue weighted by atomic mass is 79.9. The zero-order valence-electron chi connectivity index (χ0n) is 11.8. The van der Waals surface area contributed by atoms with Crippen molar-refractivity contribution in [3.05, 3.63) is 51.8 Å². The van der Waals surface area contributed by atoms with Crippen LogP contribution in [0, 0.1) is 6.92 Å². The SMILES string of the molecule is Cc1nn(C)cc1C(C)N[C@H](C)c1ccccc1Br. The summed E-state index contributed by atoms with van der Waals surface area (Å²) < 4.78 is 3.01. The lowest BCUT2D eigenvalue weighted by molar-refractivity contribution is 0.492. The number of aromatic nitrogens is 2. The Morgan fingerprint density at radius 1 is 1.16 bits per heavy atom. The Morgan fingerprint density at radius 3 is 2.37 bits per heavy atom. The minimum atomic E-state index is 0.274. The zero-order chi connectivity index (χ0) is 14.0. The van der Waals surface area contributed by atoms with Crippen molar-refractivity contribution in [1.29, 1.82) is 0 Å². The highest BCUT2D eigenvalue weighted by Crippen LogP contribution is 2.26. The maximum Gasteiger partial charge on any atom is 0.0641 e. The Bertz CT molecular complexity index is 562. The second-order valence-electron chi connectivity index (χ2n) is 4.98. The standard InChI is InChI=1S/C15H20BrN3/c1-10(13-7-5-6-8-15(13)16)17-11(2)14-9-19(4)18-12(14)3/h5-11,17H,1-4H3/t10-,11?/m1/s1. The molecule has 2 aromatic rings. The summed E-state index contributed by atoms with van der Waals surface area (Å²) in [6.45, 7) is 6.41. The Kier molecular flexibility index (Phi) is 4.42. The van der Waals surface area contributed by atoms with Crippen molar-refractivity contribution < 1.29 is 0 Å². The summed E-state index contributed by atoms with van der Waals surface area (Å²) >= 11 is 3.61. The van der Waals surface area contributed by atoms with Gasteiger partial charge in [0.1, 0.15) is 0 Å². The third kappa shape index (κ3) is 3.25. The van der Waals surface area contributed by atoms with Gasteiger partial charge < -0.3 is 5.32 Å². The molecule has 19 heavy (non-hydrogen) atoms. The van der Waals surface area contributed by atoms with Gasteiger partial charge in [-0.05, 0) is 32.4 Å². The van der Waals surface area contributed by atoms with Crippen LogP contribution in [0.1, 0.15) is 42.8 Å². The molecule has 0 aliphatic heterocycles. The summed E-state index contributed by atoms with van der Waals surface area (Å²) in [5.74, 6) is 0. The van der Waals surface area contributed by atoms with Gasteiger partial charge >= 0.3 is 0 Å². The molecule has 1 aromatic heterocycles. The van der Waals surface area contributed by atoms with Crippen molar-refractivity contribution in [3.63, 3.8) is 0 Å². The van der Waals surface area contributed by atoms with E-state index < -0.39 is 0 Å². The molecule has 1 N–H and O–H groups in total. The van der Waals surface area contributed by atoms with Crippen LogP contribution in [0.5, 0.6) is 0 Å². The number of hydrogen-bond acceptors (Lipinski definition) is 2. The molecular formula is C15H20BrN3. The lowest BCUT2D eigenvalue weighted by Gasteiger charge is -2.21. The fourth-order valence-electron chi connectivity index (χ4n) is 2.42. The zero-order valence-corrected chi connectivity index (χ0v) is 13.4. The molecule has 0 fully saturated rings. The molecule has 4 heteroatoms. The van der Waals surface area contributed by atoms with Gasteiger partial charge in [0.15, 0.2) is 0 Å². The fraction of sp³-hybridized carbons (Fsp3) is 0.400. The number of benzene rings is 1.